The summed E-state index contributed by atoms with van der Waals surface area (Å²) < 4.78 is 6.30. The molecule has 0 aliphatic carbocycles. The summed E-state index contributed by atoms with van der Waals surface area (Å²) in [7, 11) is 1.34. The first-order valence-corrected chi connectivity index (χ1v) is 5.99. The number of hydrogen-bond acceptors (Lipinski definition) is 5. The second kappa shape index (κ2) is 7.15. The van der Waals surface area contributed by atoms with Crippen LogP contribution in [0.5, 0.6) is 0 Å². The molecule has 6 nitrogen and oxygen atoms in total. The van der Waals surface area contributed by atoms with Crippen molar-refractivity contribution in [1.82, 2.24) is 14.8 Å². The molecule has 1 aromatic heterocycles. The zero-order valence-corrected chi connectivity index (χ0v) is 11.3. The second-order valence-corrected chi connectivity index (χ2v) is 3.55. The Morgan fingerprint density at radius 2 is 2.11 bits per heavy atom. The van der Waals surface area contributed by atoms with Gasteiger partial charge in [-0.2, -0.15) is 5.10 Å². The number of nitrogens with two attached hydrogens (primary N) is 1. The highest BCUT2D eigenvalue weighted by atomic mass is 16.5. The summed E-state index contributed by atoms with van der Waals surface area (Å²) in [4.78, 5) is 15.3. The molecule has 19 heavy (non-hydrogen) atoms. The number of nitrogen functional groups attached to an aromatic ring is 1. The minimum Gasteiger partial charge on any atom is -0.465 e. The fraction of sp³-hybridized carbons (Fsp3) is 0.308. The van der Waals surface area contributed by atoms with E-state index in [0.29, 0.717) is 17.8 Å². The lowest BCUT2D eigenvalue weighted by atomic mass is 10.1. The smallest absolute Gasteiger partial charge is 0.337 e. The van der Waals surface area contributed by atoms with Crippen molar-refractivity contribution in [2.75, 3.05) is 12.8 Å². The molecule has 6 heteroatoms. The summed E-state index contributed by atoms with van der Waals surface area (Å²) in [6, 6.07) is 5.09. The molecule has 102 valence electrons. The Labute approximate surface area is 112 Å². The largest absolute Gasteiger partial charge is 0.465 e. The van der Waals surface area contributed by atoms with E-state index in [1.165, 1.54) is 13.4 Å². The van der Waals surface area contributed by atoms with Gasteiger partial charge in [0.15, 0.2) is 0 Å². The number of rotatable bonds is 3. The zero-order valence-electron chi connectivity index (χ0n) is 11.3. The van der Waals surface area contributed by atoms with Crippen LogP contribution in [-0.4, -0.2) is 27.8 Å². The molecular weight excluding hydrogens is 244 g/mol. The summed E-state index contributed by atoms with van der Waals surface area (Å²) >= 11 is 0. The van der Waals surface area contributed by atoms with E-state index >= 15 is 0 Å². The molecule has 1 aromatic carbocycles. The third-order valence-corrected chi connectivity index (χ3v) is 2.25. The van der Waals surface area contributed by atoms with Gasteiger partial charge in [-0.05, 0) is 23.8 Å². The monoisotopic (exact) mass is 262 g/mol. The fourth-order valence-electron chi connectivity index (χ4n) is 1.55. The number of esters is 1. The number of anilines is 1. The molecule has 0 saturated heterocycles. The maximum Gasteiger partial charge on any atom is 0.337 e. The molecule has 0 radical (unpaired) electrons. The van der Waals surface area contributed by atoms with Crippen molar-refractivity contribution in [3.05, 3.63) is 42.0 Å². The molecule has 2 rings (SSSR count). The lowest BCUT2D eigenvalue weighted by molar-refractivity contribution is 0.0600. The van der Waals surface area contributed by atoms with Crippen LogP contribution in [0, 0.1) is 0 Å². The third kappa shape index (κ3) is 4.09. The maximum absolute atomic E-state index is 11.4. The molecule has 0 unspecified atom stereocenters. The first kappa shape index (κ1) is 14.7. The molecule has 2 N–H and O–H groups in total. The third-order valence-electron chi connectivity index (χ3n) is 2.25. The number of ether oxygens (including phenoxy) is 1. The highest BCUT2D eigenvalue weighted by molar-refractivity contribution is 5.90. The van der Waals surface area contributed by atoms with Gasteiger partial charge in [0.2, 0.25) is 0 Å². The Balaban J connectivity index is 0.000000861. The van der Waals surface area contributed by atoms with Crippen LogP contribution in [0.4, 0.5) is 5.69 Å². The molecule has 0 aliphatic heterocycles. The minimum absolute atomic E-state index is 0.405. The number of benzene rings is 1. The van der Waals surface area contributed by atoms with Gasteiger partial charge in [0.05, 0.1) is 19.2 Å². The highest BCUT2D eigenvalue weighted by Gasteiger charge is 2.08. The number of nitrogens with zero attached hydrogens (tertiary/aromatic N) is 3. The SMILES string of the molecule is CC.COC(=O)c1cc(N)cc(Cn2cncn2)c1. The molecule has 0 bridgehead atoms. The standard InChI is InChI=1S/C11H12N4O2.C2H6/c1-17-11(16)9-2-8(3-10(12)4-9)5-15-7-13-6-14-15;1-2/h2-4,6-7H,5,12H2,1H3;1-2H3. The van der Waals surface area contributed by atoms with Crippen LogP contribution >= 0.6 is 0 Å². The van der Waals surface area contributed by atoms with E-state index in [1.54, 1.807) is 29.2 Å². The molecule has 1 heterocycles. The van der Waals surface area contributed by atoms with Crippen molar-refractivity contribution in [2.24, 2.45) is 0 Å². The topological polar surface area (TPSA) is 83.0 Å². The van der Waals surface area contributed by atoms with Gasteiger partial charge in [-0.15, -0.1) is 0 Å². The van der Waals surface area contributed by atoms with Crippen molar-refractivity contribution in [3.8, 4) is 0 Å². The van der Waals surface area contributed by atoms with Crippen LogP contribution in [0.2, 0.25) is 0 Å². The van der Waals surface area contributed by atoms with Crippen LogP contribution < -0.4 is 5.73 Å². The normalized spacial score (nSPS) is 9.42. The predicted molar refractivity (Wildman–Crippen MR) is 72.7 cm³/mol. The average molecular weight is 262 g/mol. The van der Waals surface area contributed by atoms with E-state index in [1.807, 2.05) is 13.8 Å². The second-order valence-electron chi connectivity index (χ2n) is 3.55. The molecular formula is C13H18N4O2. The molecule has 0 atom stereocenters. The first-order chi connectivity index (χ1) is 9.19. The summed E-state index contributed by atoms with van der Waals surface area (Å²) in [5.41, 5.74) is 7.55. The van der Waals surface area contributed by atoms with Crippen molar-refractivity contribution in [3.63, 3.8) is 0 Å². The van der Waals surface area contributed by atoms with E-state index < -0.39 is 5.97 Å². The summed E-state index contributed by atoms with van der Waals surface area (Å²) in [6.45, 7) is 4.51. The van der Waals surface area contributed by atoms with Crippen molar-refractivity contribution >= 4 is 11.7 Å². The van der Waals surface area contributed by atoms with Crippen LogP contribution in [0.25, 0.3) is 0 Å². The van der Waals surface area contributed by atoms with E-state index in [4.69, 9.17) is 5.73 Å². The lowest BCUT2D eigenvalue weighted by Crippen LogP contribution is -2.06. The van der Waals surface area contributed by atoms with Gasteiger partial charge in [0, 0.05) is 5.69 Å². The highest BCUT2D eigenvalue weighted by Crippen LogP contribution is 2.13. The molecule has 0 spiro atoms. The first-order valence-electron chi connectivity index (χ1n) is 5.99. The van der Waals surface area contributed by atoms with E-state index in [0.717, 1.165) is 5.56 Å². The van der Waals surface area contributed by atoms with Gasteiger partial charge < -0.3 is 10.5 Å². The van der Waals surface area contributed by atoms with Gasteiger partial charge in [-0.25, -0.2) is 14.5 Å². The molecule has 0 aliphatic rings. The minimum atomic E-state index is -0.405. The van der Waals surface area contributed by atoms with Crippen LogP contribution in [0.1, 0.15) is 29.8 Å². The number of hydrogen-bond donors (Lipinski definition) is 1. The van der Waals surface area contributed by atoms with Gasteiger partial charge in [-0.1, -0.05) is 13.8 Å². The quantitative estimate of drug-likeness (QED) is 0.672. The van der Waals surface area contributed by atoms with Crippen molar-refractivity contribution in [1.29, 1.82) is 0 Å². The summed E-state index contributed by atoms with van der Waals surface area (Å²) in [5, 5.41) is 3.98. The van der Waals surface area contributed by atoms with Crippen LogP contribution in [0.3, 0.4) is 0 Å². The molecule has 0 amide bonds. The van der Waals surface area contributed by atoms with Crippen molar-refractivity contribution < 1.29 is 9.53 Å². The van der Waals surface area contributed by atoms with Gasteiger partial charge >= 0.3 is 5.97 Å². The van der Waals surface area contributed by atoms with E-state index in [-0.39, 0.29) is 0 Å². The number of methoxy groups -OCH3 is 1. The predicted octanol–water partition coefficient (Wildman–Crippen LogP) is 1.72. The maximum atomic E-state index is 11.4. The Morgan fingerprint density at radius 3 is 2.68 bits per heavy atom. The van der Waals surface area contributed by atoms with Crippen LogP contribution in [-0.2, 0) is 11.3 Å². The zero-order chi connectivity index (χ0) is 14.3. The summed E-state index contributed by atoms with van der Waals surface area (Å²) in [6.07, 6.45) is 3.05. The van der Waals surface area contributed by atoms with E-state index in [9.17, 15) is 4.79 Å². The van der Waals surface area contributed by atoms with Gasteiger partial charge in [0.1, 0.15) is 12.7 Å². The molecule has 0 fully saturated rings. The number of carbonyl (C=O) groups excluding carboxylic acids is 1. The fourth-order valence-corrected chi connectivity index (χ4v) is 1.55. The van der Waals surface area contributed by atoms with Crippen LogP contribution in [0.15, 0.2) is 30.9 Å². The van der Waals surface area contributed by atoms with Gasteiger partial charge in [-0.3, -0.25) is 0 Å². The number of carbonyl (C=O) groups is 1. The van der Waals surface area contributed by atoms with Gasteiger partial charge in [0.25, 0.3) is 0 Å². The Morgan fingerprint density at radius 1 is 1.37 bits per heavy atom. The Hall–Kier alpha value is -2.37. The molecule has 2 aromatic rings. The van der Waals surface area contributed by atoms with E-state index in [2.05, 4.69) is 14.8 Å². The average Bonchev–Trinajstić information content (AvgIpc) is 2.92. The molecule has 0 saturated carbocycles. The van der Waals surface area contributed by atoms with Crippen molar-refractivity contribution in [2.45, 2.75) is 20.4 Å². The Kier molecular flexibility index (Phi) is 5.53. The lowest BCUT2D eigenvalue weighted by Gasteiger charge is -2.06. The Bertz CT molecular complexity index is 523. The summed E-state index contributed by atoms with van der Waals surface area (Å²) in [5.74, 6) is -0.405. The number of aromatic nitrogens is 3.